The third-order valence-corrected chi connectivity index (χ3v) is 4.07. The maximum absolute atomic E-state index is 5.78. The quantitative estimate of drug-likeness (QED) is 0.789. The van der Waals surface area contributed by atoms with Crippen LogP contribution in [0.3, 0.4) is 0 Å². The van der Waals surface area contributed by atoms with Crippen LogP contribution < -0.4 is 5.73 Å². The van der Waals surface area contributed by atoms with Crippen LogP contribution in [0.2, 0.25) is 0 Å². The second kappa shape index (κ2) is 4.16. The zero-order valence-corrected chi connectivity index (χ0v) is 11.3. The summed E-state index contributed by atoms with van der Waals surface area (Å²) < 4.78 is 2.91. The summed E-state index contributed by atoms with van der Waals surface area (Å²) in [5, 5.41) is 2.08. The molecule has 0 atom stereocenters. The van der Waals surface area contributed by atoms with Crippen molar-refractivity contribution in [1.82, 2.24) is 9.38 Å². The SMILES string of the molecule is Nc1ccn2c(Cc3cccs3)nc(Br)c2c1. The van der Waals surface area contributed by atoms with E-state index in [1.54, 1.807) is 11.3 Å². The van der Waals surface area contributed by atoms with E-state index in [0.29, 0.717) is 0 Å². The van der Waals surface area contributed by atoms with Crippen molar-refractivity contribution in [2.24, 2.45) is 0 Å². The number of rotatable bonds is 2. The Kier molecular flexibility index (Phi) is 2.64. The van der Waals surface area contributed by atoms with Gasteiger partial charge in [0.05, 0.1) is 5.52 Å². The number of nitrogens with zero attached hydrogens (tertiary/aromatic N) is 2. The first-order valence-electron chi connectivity index (χ1n) is 5.18. The highest BCUT2D eigenvalue weighted by molar-refractivity contribution is 9.10. The molecule has 17 heavy (non-hydrogen) atoms. The van der Waals surface area contributed by atoms with Gasteiger partial charge in [-0.3, -0.25) is 0 Å². The molecular formula is C12H10BrN3S. The van der Waals surface area contributed by atoms with Crippen LogP contribution in [0, 0.1) is 0 Å². The van der Waals surface area contributed by atoms with Crippen molar-refractivity contribution in [3.8, 4) is 0 Å². The molecule has 5 heteroatoms. The largest absolute Gasteiger partial charge is 0.399 e. The maximum atomic E-state index is 5.78. The van der Waals surface area contributed by atoms with Gasteiger partial charge in [-0.1, -0.05) is 6.07 Å². The molecule has 0 saturated heterocycles. The lowest BCUT2D eigenvalue weighted by Crippen LogP contribution is -1.95. The number of hydrogen-bond donors (Lipinski definition) is 1. The van der Waals surface area contributed by atoms with Crippen LogP contribution >= 0.6 is 27.3 Å². The molecule has 2 N–H and O–H groups in total. The number of thiophene rings is 1. The van der Waals surface area contributed by atoms with Crippen molar-refractivity contribution in [2.75, 3.05) is 5.73 Å². The number of nitrogens with two attached hydrogens (primary N) is 1. The Morgan fingerprint density at radius 3 is 3.06 bits per heavy atom. The van der Waals surface area contributed by atoms with Gasteiger partial charge in [0.1, 0.15) is 10.4 Å². The van der Waals surface area contributed by atoms with Gasteiger partial charge < -0.3 is 10.1 Å². The molecule has 3 rings (SSSR count). The third kappa shape index (κ3) is 1.96. The van der Waals surface area contributed by atoms with Gasteiger partial charge in [0.2, 0.25) is 0 Å². The van der Waals surface area contributed by atoms with Gasteiger partial charge >= 0.3 is 0 Å². The zero-order valence-electron chi connectivity index (χ0n) is 8.93. The average Bonchev–Trinajstić information content (AvgIpc) is 2.89. The van der Waals surface area contributed by atoms with E-state index in [9.17, 15) is 0 Å². The van der Waals surface area contributed by atoms with Gasteiger partial charge in [0, 0.05) is 23.2 Å². The van der Waals surface area contributed by atoms with E-state index in [-0.39, 0.29) is 0 Å². The van der Waals surface area contributed by atoms with Gasteiger partial charge in [0.15, 0.2) is 0 Å². The summed E-state index contributed by atoms with van der Waals surface area (Å²) in [6.07, 6.45) is 2.81. The van der Waals surface area contributed by atoms with Crippen molar-refractivity contribution in [3.63, 3.8) is 0 Å². The molecule has 3 nitrogen and oxygen atoms in total. The van der Waals surface area contributed by atoms with Gasteiger partial charge in [0.25, 0.3) is 0 Å². The lowest BCUT2D eigenvalue weighted by atomic mass is 10.3. The van der Waals surface area contributed by atoms with E-state index in [1.807, 2.05) is 18.3 Å². The van der Waals surface area contributed by atoms with E-state index < -0.39 is 0 Å². The summed E-state index contributed by atoms with van der Waals surface area (Å²) in [5.41, 5.74) is 7.54. The highest BCUT2D eigenvalue weighted by Gasteiger charge is 2.10. The molecule has 0 aliphatic carbocycles. The van der Waals surface area contributed by atoms with Crippen molar-refractivity contribution < 1.29 is 0 Å². The molecule has 0 amide bonds. The topological polar surface area (TPSA) is 43.3 Å². The van der Waals surface area contributed by atoms with Crippen LogP contribution in [0.15, 0.2) is 40.4 Å². The highest BCUT2D eigenvalue weighted by Crippen LogP contribution is 2.23. The first-order valence-corrected chi connectivity index (χ1v) is 6.85. The normalized spacial score (nSPS) is 11.1. The lowest BCUT2D eigenvalue weighted by molar-refractivity contribution is 0.971. The van der Waals surface area contributed by atoms with Crippen LogP contribution in [0.5, 0.6) is 0 Å². The summed E-state index contributed by atoms with van der Waals surface area (Å²) in [5.74, 6) is 1.02. The van der Waals surface area contributed by atoms with Crippen molar-refractivity contribution in [1.29, 1.82) is 0 Å². The first kappa shape index (κ1) is 10.8. The van der Waals surface area contributed by atoms with Crippen molar-refractivity contribution in [3.05, 3.63) is 51.1 Å². The minimum absolute atomic E-state index is 0.751. The molecule has 0 aromatic carbocycles. The fraction of sp³-hybridized carbons (Fsp3) is 0.0833. The molecule has 0 saturated carbocycles. The summed E-state index contributed by atoms with van der Waals surface area (Å²) in [6, 6.07) is 7.99. The molecule has 3 aromatic heterocycles. The molecule has 0 aliphatic heterocycles. The van der Waals surface area contributed by atoms with E-state index in [4.69, 9.17) is 5.73 Å². The molecule has 0 unspecified atom stereocenters. The Bertz CT molecular complexity index is 658. The zero-order chi connectivity index (χ0) is 11.8. The Morgan fingerprint density at radius 1 is 1.41 bits per heavy atom. The number of aromatic nitrogens is 2. The molecule has 0 spiro atoms. The molecule has 0 bridgehead atoms. The fourth-order valence-electron chi connectivity index (χ4n) is 1.82. The molecule has 0 fully saturated rings. The molecule has 86 valence electrons. The van der Waals surface area contributed by atoms with E-state index >= 15 is 0 Å². The lowest BCUT2D eigenvalue weighted by Gasteiger charge is -2.00. The summed E-state index contributed by atoms with van der Waals surface area (Å²) in [4.78, 5) is 5.84. The van der Waals surface area contributed by atoms with Crippen LogP contribution in [0.1, 0.15) is 10.7 Å². The van der Waals surface area contributed by atoms with Gasteiger partial charge in [-0.05, 0) is 39.5 Å². The van der Waals surface area contributed by atoms with E-state index in [1.165, 1.54) is 4.88 Å². The molecule has 0 radical (unpaired) electrons. The van der Waals surface area contributed by atoms with E-state index in [2.05, 4.69) is 42.8 Å². The second-order valence-electron chi connectivity index (χ2n) is 3.79. The predicted molar refractivity (Wildman–Crippen MR) is 74.4 cm³/mol. The second-order valence-corrected chi connectivity index (χ2v) is 5.57. The minimum atomic E-state index is 0.751. The van der Waals surface area contributed by atoms with Crippen LogP contribution in [-0.4, -0.2) is 9.38 Å². The average molecular weight is 308 g/mol. The van der Waals surface area contributed by atoms with Gasteiger partial charge in [-0.2, -0.15) is 0 Å². The summed E-state index contributed by atoms with van der Waals surface area (Å²) >= 11 is 5.22. The van der Waals surface area contributed by atoms with Crippen molar-refractivity contribution in [2.45, 2.75) is 6.42 Å². The number of hydrogen-bond acceptors (Lipinski definition) is 3. The number of imidazole rings is 1. The predicted octanol–water partition coefficient (Wildman–Crippen LogP) is 3.33. The molecule has 3 aromatic rings. The standard InChI is InChI=1S/C12H10BrN3S/c13-12-10-6-8(14)3-4-16(10)11(15-12)7-9-2-1-5-17-9/h1-6H,7,14H2. The Labute approximate surface area is 111 Å². The fourth-order valence-corrected chi connectivity index (χ4v) is 3.03. The molecule has 0 aliphatic rings. The Morgan fingerprint density at radius 2 is 2.29 bits per heavy atom. The number of halogens is 1. The van der Waals surface area contributed by atoms with Crippen molar-refractivity contribution >= 4 is 38.5 Å². The minimum Gasteiger partial charge on any atom is -0.399 e. The first-order chi connectivity index (χ1) is 8.24. The number of pyridine rings is 1. The van der Waals surface area contributed by atoms with Gasteiger partial charge in [-0.15, -0.1) is 11.3 Å². The van der Waals surface area contributed by atoms with Crippen LogP contribution in [0.25, 0.3) is 5.52 Å². The smallest absolute Gasteiger partial charge is 0.132 e. The maximum Gasteiger partial charge on any atom is 0.132 e. The summed E-state index contributed by atoms with van der Waals surface area (Å²) in [6.45, 7) is 0. The summed E-state index contributed by atoms with van der Waals surface area (Å²) in [7, 11) is 0. The number of fused-ring (bicyclic) bond motifs is 1. The monoisotopic (exact) mass is 307 g/mol. The molecule has 3 heterocycles. The van der Waals surface area contributed by atoms with Gasteiger partial charge in [-0.25, -0.2) is 4.98 Å². The number of anilines is 1. The molecular weight excluding hydrogens is 298 g/mol. The van der Waals surface area contributed by atoms with E-state index in [0.717, 1.165) is 28.1 Å². The third-order valence-electron chi connectivity index (χ3n) is 2.61. The van der Waals surface area contributed by atoms with Crippen LogP contribution in [-0.2, 0) is 6.42 Å². The Balaban J connectivity index is 2.11. The Hall–Kier alpha value is -1.33. The number of nitrogen functional groups attached to an aromatic ring is 1. The van der Waals surface area contributed by atoms with Crippen LogP contribution in [0.4, 0.5) is 5.69 Å². The highest BCUT2D eigenvalue weighted by atomic mass is 79.9.